The first-order valence-electron chi connectivity index (χ1n) is 5.12. The van der Waals surface area contributed by atoms with E-state index >= 15 is 0 Å². The van der Waals surface area contributed by atoms with Crippen LogP contribution in [-0.4, -0.2) is 35.9 Å². The minimum absolute atomic E-state index is 0.669. The number of aromatic nitrogens is 2. The van der Waals surface area contributed by atoms with Crippen LogP contribution >= 0.6 is 11.3 Å². The highest BCUT2D eigenvalue weighted by Crippen LogP contribution is 2.33. The van der Waals surface area contributed by atoms with E-state index in [0.717, 1.165) is 29.1 Å². The van der Waals surface area contributed by atoms with Crippen molar-refractivity contribution >= 4 is 16.5 Å². The summed E-state index contributed by atoms with van der Waals surface area (Å²) in [4.78, 5) is 2.43. The number of hydrogen-bond donors (Lipinski definition) is 1. The molecule has 0 aliphatic carbocycles. The monoisotopic (exact) mass is 210 g/mol. The van der Waals surface area contributed by atoms with Crippen molar-refractivity contribution in [3.63, 3.8) is 0 Å². The van der Waals surface area contributed by atoms with Crippen molar-refractivity contribution in [2.24, 2.45) is 5.92 Å². The summed E-state index contributed by atoms with van der Waals surface area (Å²) < 4.78 is 0. The van der Waals surface area contributed by atoms with E-state index in [1.54, 1.807) is 11.3 Å². The highest BCUT2D eigenvalue weighted by atomic mass is 32.1. The molecule has 2 aliphatic rings. The Morgan fingerprint density at radius 1 is 1.43 bits per heavy atom. The smallest absolute Gasteiger partial charge is 0.208 e. The van der Waals surface area contributed by atoms with Crippen molar-refractivity contribution in [2.75, 3.05) is 24.5 Å². The summed E-state index contributed by atoms with van der Waals surface area (Å²) in [7, 11) is 0. The Bertz CT molecular complexity index is 337. The number of fused-ring (bicyclic) bond motifs is 1. The summed E-state index contributed by atoms with van der Waals surface area (Å²) in [5.41, 5.74) is 0. The Labute approximate surface area is 87.3 Å². The Morgan fingerprint density at radius 3 is 3.14 bits per heavy atom. The van der Waals surface area contributed by atoms with Crippen LogP contribution in [-0.2, 0) is 0 Å². The molecule has 0 radical (unpaired) electrons. The Kier molecular flexibility index (Phi) is 1.95. The lowest BCUT2D eigenvalue weighted by Crippen LogP contribution is -2.33. The maximum atomic E-state index is 4.22. The molecule has 5 heteroatoms. The summed E-state index contributed by atoms with van der Waals surface area (Å²) in [6, 6.07) is 0.669. The van der Waals surface area contributed by atoms with E-state index in [1.165, 1.54) is 13.0 Å². The normalized spacial score (nSPS) is 31.1. The molecule has 2 fully saturated rings. The molecule has 76 valence electrons. The van der Waals surface area contributed by atoms with Gasteiger partial charge in [-0.2, -0.15) is 0 Å². The van der Waals surface area contributed by atoms with Gasteiger partial charge in [0.15, 0.2) is 0 Å². The average molecular weight is 210 g/mol. The van der Waals surface area contributed by atoms with E-state index in [9.17, 15) is 0 Å². The molecule has 1 aromatic rings. The molecule has 2 saturated heterocycles. The predicted molar refractivity (Wildman–Crippen MR) is 56.8 cm³/mol. The number of rotatable bonds is 1. The van der Waals surface area contributed by atoms with Crippen LogP contribution < -0.4 is 10.2 Å². The Balaban J connectivity index is 1.85. The lowest BCUT2D eigenvalue weighted by Gasteiger charge is -2.21. The van der Waals surface area contributed by atoms with Gasteiger partial charge in [0.2, 0.25) is 5.13 Å². The van der Waals surface area contributed by atoms with Crippen molar-refractivity contribution in [1.82, 2.24) is 15.5 Å². The number of aryl methyl sites for hydroxylation is 1. The molecule has 0 saturated carbocycles. The second kappa shape index (κ2) is 3.17. The lowest BCUT2D eigenvalue weighted by molar-refractivity contribution is 0.578. The van der Waals surface area contributed by atoms with E-state index in [-0.39, 0.29) is 0 Å². The predicted octanol–water partition coefficient (Wildman–Crippen LogP) is 0.645. The van der Waals surface area contributed by atoms with Crippen LogP contribution in [0.3, 0.4) is 0 Å². The second-order valence-electron chi connectivity index (χ2n) is 4.07. The number of anilines is 1. The average Bonchev–Trinajstić information content (AvgIpc) is 2.77. The fourth-order valence-electron chi connectivity index (χ4n) is 2.49. The van der Waals surface area contributed by atoms with Gasteiger partial charge in [0.1, 0.15) is 5.01 Å². The molecule has 3 heterocycles. The fourth-order valence-corrected chi connectivity index (χ4v) is 3.26. The van der Waals surface area contributed by atoms with Gasteiger partial charge in [-0.15, -0.1) is 10.2 Å². The van der Waals surface area contributed by atoms with Crippen molar-refractivity contribution in [3.05, 3.63) is 5.01 Å². The quantitative estimate of drug-likeness (QED) is 0.738. The standard InChI is InChI=1S/C9H14N4S/c1-6-11-12-9(14-6)13-3-2-7-4-10-5-8(7)13/h7-8,10H,2-5H2,1H3/t7-,8+/m0/s1. The molecular formula is C9H14N4S. The van der Waals surface area contributed by atoms with Crippen LogP contribution in [0, 0.1) is 12.8 Å². The van der Waals surface area contributed by atoms with Gasteiger partial charge in [-0.25, -0.2) is 0 Å². The third-order valence-electron chi connectivity index (χ3n) is 3.21. The van der Waals surface area contributed by atoms with Crippen LogP contribution in [0.1, 0.15) is 11.4 Å². The van der Waals surface area contributed by atoms with E-state index in [0.29, 0.717) is 6.04 Å². The molecule has 0 aromatic carbocycles. The second-order valence-corrected chi connectivity index (χ2v) is 5.23. The topological polar surface area (TPSA) is 41.1 Å². The molecular weight excluding hydrogens is 196 g/mol. The largest absolute Gasteiger partial charge is 0.342 e. The summed E-state index contributed by atoms with van der Waals surface area (Å²) in [6.45, 7) is 5.47. The van der Waals surface area contributed by atoms with Crippen LogP contribution in [0.5, 0.6) is 0 Å². The van der Waals surface area contributed by atoms with Crippen molar-refractivity contribution in [1.29, 1.82) is 0 Å². The molecule has 2 aliphatic heterocycles. The van der Waals surface area contributed by atoms with E-state index in [4.69, 9.17) is 0 Å². The molecule has 0 spiro atoms. The maximum Gasteiger partial charge on any atom is 0.208 e. The van der Waals surface area contributed by atoms with Gasteiger partial charge in [0.25, 0.3) is 0 Å². The van der Waals surface area contributed by atoms with Crippen LogP contribution in [0.15, 0.2) is 0 Å². The van der Waals surface area contributed by atoms with E-state index < -0.39 is 0 Å². The summed E-state index contributed by atoms with van der Waals surface area (Å²) in [6.07, 6.45) is 1.30. The van der Waals surface area contributed by atoms with Crippen molar-refractivity contribution in [2.45, 2.75) is 19.4 Å². The molecule has 4 nitrogen and oxygen atoms in total. The maximum absolute atomic E-state index is 4.22. The molecule has 3 rings (SSSR count). The zero-order chi connectivity index (χ0) is 9.54. The van der Waals surface area contributed by atoms with Crippen LogP contribution in [0.25, 0.3) is 0 Å². The molecule has 1 aromatic heterocycles. The molecule has 0 unspecified atom stereocenters. The number of nitrogens with one attached hydrogen (secondary N) is 1. The summed E-state index contributed by atoms with van der Waals surface area (Å²) in [5.74, 6) is 0.833. The van der Waals surface area contributed by atoms with Gasteiger partial charge in [-0.05, 0) is 19.3 Å². The minimum atomic E-state index is 0.669. The van der Waals surface area contributed by atoms with Gasteiger partial charge in [-0.1, -0.05) is 11.3 Å². The summed E-state index contributed by atoms with van der Waals surface area (Å²) >= 11 is 1.71. The third kappa shape index (κ3) is 1.23. The zero-order valence-electron chi connectivity index (χ0n) is 8.23. The van der Waals surface area contributed by atoms with Gasteiger partial charge in [0.05, 0.1) is 0 Å². The lowest BCUT2D eigenvalue weighted by atomic mass is 10.1. The minimum Gasteiger partial charge on any atom is -0.342 e. The first kappa shape index (κ1) is 8.61. The molecule has 2 atom stereocenters. The third-order valence-corrected chi connectivity index (χ3v) is 4.08. The van der Waals surface area contributed by atoms with Crippen molar-refractivity contribution in [3.8, 4) is 0 Å². The van der Waals surface area contributed by atoms with Crippen LogP contribution in [0.2, 0.25) is 0 Å². The molecule has 0 amide bonds. The van der Waals surface area contributed by atoms with E-state index in [1.807, 2.05) is 6.92 Å². The molecule has 14 heavy (non-hydrogen) atoms. The number of nitrogens with zero attached hydrogens (tertiary/aromatic N) is 3. The highest BCUT2D eigenvalue weighted by molar-refractivity contribution is 7.15. The molecule has 0 bridgehead atoms. The van der Waals surface area contributed by atoms with E-state index in [2.05, 4.69) is 20.4 Å². The number of hydrogen-bond acceptors (Lipinski definition) is 5. The Morgan fingerprint density at radius 2 is 2.36 bits per heavy atom. The first-order valence-corrected chi connectivity index (χ1v) is 5.94. The molecule has 1 N–H and O–H groups in total. The SMILES string of the molecule is Cc1nnc(N2CC[C@H]3CNC[C@H]32)s1. The van der Waals surface area contributed by atoms with Gasteiger partial charge >= 0.3 is 0 Å². The van der Waals surface area contributed by atoms with Gasteiger partial charge in [0, 0.05) is 25.7 Å². The fraction of sp³-hybridized carbons (Fsp3) is 0.778. The van der Waals surface area contributed by atoms with Crippen LogP contribution in [0.4, 0.5) is 5.13 Å². The van der Waals surface area contributed by atoms with Gasteiger partial charge in [-0.3, -0.25) is 0 Å². The van der Waals surface area contributed by atoms with Gasteiger partial charge < -0.3 is 10.2 Å². The Hall–Kier alpha value is -0.680. The summed E-state index contributed by atoms with van der Waals surface area (Å²) in [5, 5.41) is 13.9. The first-order chi connectivity index (χ1) is 6.84. The van der Waals surface area contributed by atoms with Crippen molar-refractivity contribution < 1.29 is 0 Å². The highest BCUT2D eigenvalue weighted by Gasteiger charge is 2.38. The zero-order valence-corrected chi connectivity index (χ0v) is 9.05.